The molecule has 1 fully saturated rings. The van der Waals surface area contributed by atoms with Crippen molar-refractivity contribution in [2.45, 2.75) is 25.3 Å². The van der Waals surface area contributed by atoms with E-state index in [-0.39, 0.29) is 17.7 Å². The minimum absolute atomic E-state index is 0.0913. The van der Waals surface area contributed by atoms with Crippen LogP contribution < -0.4 is 15.5 Å². The van der Waals surface area contributed by atoms with Crippen molar-refractivity contribution in [1.29, 1.82) is 0 Å². The van der Waals surface area contributed by atoms with Gasteiger partial charge in [0.2, 0.25) is 11.8 Å². The molecule has 0 unspecified atom stereocenters. The summed E-state index contributed by atoms with van der Waals surface area (Å²) in [7, 11) is 0. The van der Waals surface area contributed by atoms with E-state index >= 15 is 0 Å². The molecule has 0 saturated carbocycles. The lowest BCUT2D eigenvalue weighted by Gasteiger charge is -2.20. The number of carbonyl (C=O) groups excluding carboxylic acids is 3. The fourth-order valence-electron chi connectivity index (χ4n) is 3.60. The Balaban J connectivity index is 1.51. The minimum Gasteiger partial charge on any atom is -0.339 e. The first-order valence-corrected chi connectivity index (χ1v) is 11.1. The Bertz CT molecular complexity index is 1070. The summed E-state index contributed by atoms with van der Waals surface area (Å²) < 4.78 is 0. The fourth-order valence-corrected chi connectivity index (χ4v) is 4.23. The maximum Gasteiger partial charge on any atom is 0.262 e. The number of anilines is 2. The second-order valence-electron chi connectivity index (χ2n) is 7.38. The van der Waals surface area contributed by atoms with Gasteiger partial charge in [-0.15, -0.1) is 11.3 Å². The van der Waals surface area contributed by atoms with E-state index in [0.717, 1.165) is 17.7 Å². The molecular formula is C24H23N3O3S. The molecule has 4 rings (SSSR count). The molecule has 7 heteroatoms. The van der Waals surface area contributed by atoms with Gasteiger partial charge in [-0.25, -0.2) is 0 Å². The van der Waals surface area contributed by atoms with Crippen molar-refractivity contribution in [3.05, 3.63) is 82.6 Å². The largest absolute Gasteiger partial charge is 0.339 e. The summed E-state index contributed by atoms with van der Waals surface area (Å²) in [5.41, 5.74) is 2.30. The highest BCUT2D eigenvalue weighted by atomic mass is 32.1. The van der Waals surface area contributed by atoms with Crippen LogP contribution in [-0.2, 0) is 16.0 Å². The van der Waals surface area contributed by atoms with Crippen LogP contribution in [-0.4, -0.2) is 30.3 Å². The summed E-state index contributed by atoms with van der Waals surface area (Å²) in [6.07, 6.45) is 1.75. The monoisotopic (exact) mass is 433 g/mol. The zero-order valence-electron chi connectivity index (χ0n) is 16.9. The SMILES string of the molecule is O=C(N[C@H](Cc1ccccc1)C(=O)Nc1cccc(N2CCCC2=O)c1)c1cccs1. The highest BCUT2D eigenvalue weighted by molar-refractivity contribution is 7.12. The van der Waals surface area contributed by atoms with Gasteiger partial charge in [-0.05, 0) is 41.6 Å². The molecular weight excluding hydrogens is 410 g/mol. The standard InChI is InChI=1S/C24H23N3O3S/c28-22-12-5-13-27(22)19-10-4-9-18(16-19)25-23(29)20(15-17-7-2-1-3-8-17)26-24(30)21-11-6-14-31-21/h1-4,6-11,14,16,20H,5,12-13,15H2,(H,25,29)(H,26,30)/t20-/m1/s1. The molecule has 0 spiro atoms. The number of nitrogens with one attached hydrogen (secondary N) is 2. The summed E-state index contributed by atoms with van der Waals surface area (Å²) in [5.74, 6) is -0.491. The number of rotatable bonds is 7. The normalized spacial score (nSPS) is 14.3. The van der Waals surface area contributed by atoms with Crippen molar-refractivity contribution >= 4 is 40.4 Å². The van der Waals surface area contributed by atoms with Gasteiger partial charge in [-0.2, -0.15) is 0 Å². The van der Waals surface area contributed by atoms with Gasteiger partial charge in [0.05, 0.1) is 4.88 Å². The summed E-state index contributed by atoms with van der Waals surface area (Å²) >= 11 is 1.33. The first kappa shape index (κ1) is 20.8. The van der Waals surface area contributed by atoms with E-state index in [2.05, 4.69) is 10.6 Å². The highest BCUT2D eigenvalue weighted by Crippen LogP contribution is 2.24. The predicted octanol–water partition coefficient (Wildman–Crippen LogP) is 3.85. The molecule has 2 N–H and O–H groups in total. The zero-order valence-corrected chi connectivity index (χ0v) is 17.7. The Morgan fingerprint density at radius 2 is 1.87 bits per heavy atom. The average molecular weight is 434 g/mol. The maximum absolute atomic E-state index is 13.1. The van der Waals surface area contributed by atoms with Crippen LogP contribution in [0.1, 0.15) is 28.1 Å². The van der Waals surface area contributed by atoms with Crippen molar-refractivity contribution in [2.75, 3.05) is 16.8 Å². The van der Waals surface area contributed by atoms with Crippen molar-refractivity contribution in [1.82, 2.24) is 5.32 Å². The van der Waals surface area contributed by atoms with Gasteiger partial charge in [-0.3, -0.25) is 14.4 Å². The van der Waals surface area contributed by atoms with Crippen molar-refractivity contribution in [3.8, 4) is 0 Å². The molecule has 3 amide bonds. The number of hydrogen-bond acceptors (Lipinski definition) is 4. The average Bonchev–Trinajstić information content (AvgIpc) is 3.46. The van der Waals surface area contributed by atoms with Gasteiger partial charge in [0.1, 0.15) is 6.04 Å². The Morgan fingerprint density at radius 3 is 2.58 bits per heavy atom. The van der Waals surface area contributed by atoms with E-state index in [9.17, 15) is 14.4 Å². The lowest BCUT2D eigenvalue weighted by molar-refractivity contribution is -0.118. The third-order valence-electron chi connectivity index (χ3n) is 5.15. The Morgan fingerprint density at radius 1 is 1.03 bits per heavy atom. The topological polar surface area (TPSA) is 78.5 Å². The molecule has 0 radical (unpaired) electrons. The van der Waals surface area contributed by atoms with Crippen molar-refractivity contribution < 1.29 is 14.4 Å². The van der Waals surface area contributed by atoms with Crippen LogP contribution in [0.3, 0.4) is 0 Å². The van der Waals surface area contributed by atoms with Crippen LogP contribution in [0.15, 0.2) is 72.1 Å². The zero-order chi connectivity index (χ0) is 21.6. The van der Waals surface area contributed by atoms with Gasteiger partial charge in [0.15, 0.2) is 0 Å². The second-order valence-corrected chi connectivity index (χ2v) is 8.33. The molecule has 3 aromatic rings. The molecule has 158 valence electrons. The third-order valence-corrected chi connectivity index (χ3v) is 6.02. The Kier molecular flexibility index (Phi) is 6.43. The van der Waals surface area contributed by atoms with Crippen LogP contribution in [0.5, 0.6) is 0 Å². The van der Waals surface area contributed by atoms with Crippen LogP contribution in [0.4, 0.5) is 11.4 Å². The van der Waals surface area contributed by atoms with E-state index in [1.165, 1.54) is 11.3 Å². The van der Waals surface area contributed by atoms with Crippen molar-refractivity contribution in [2.24, 2.45) is 0 Å². The molecule has 1 aliphatic heterocycles. The van der Waals surface area contributed by atoms with E-state index in [4.69, 9.17) is 0 Å². The number of benzene rings is 2. The molecule has 1 saturated heterocycles. The van der Waals surface area contributed by atoms with Gasteiger partial charge >= 0.3 is 0 Å². The molecule has 31 heavy (non-hydrogen) atoms. The van der Waals surface area contributed by atoms with Gasteiger partial charge in [0, 0.05) is 30.8 Å². The number of nitrogens with zero attached hydrogens (tertiary/aromatic N) is 1. The predicted molar refractivity (Wildman–Crippen MR) is 122 cm³/mol. The fraction of sp³-hybridized carbons (Fsp3) is 0.208. The molecule has 0 aliphatic carbocycles. The number of carbonyl (C=O) groups is 3. The molecule has 1 aliphatic rings. The smallest absolute Gasteiger partial charge is 0.262 e. The Hall–Kier alpha value is -3.45. The summed E-state index contributed by atoms with van der Waals surface area (Å²) in [6, 6.07) is 19.6. The minimum atomic E-state index is -0.742. The molecule has 6 nitrogen and oxygen atoms in total. The van der Waals surface area contributed by atoms with Crippen LogP contribution in [0, 0.1) is 0 Å². The number of amides is 3. The number of thiophene rings is 1. The van der Waals surface area contributed by atoms with Crippen molar-refractivity contribution in [3.63, 3.8) is 0 Å². The first-order chi connectivity index (χ1) is 15.1. The van der Waals surface area contributed by atoms with Gasteiger partial charge in [-0.1, -0.05) is 42.5 Å². The second kappa shape index (κ2) is 9.57. The molecule has 2 aromatic carbocycles. The van der Waals surface area contributed by atoms with E-state index < -0.39 is 6.04 Å². The van der Waals surface area contributed by atoms with Gasteiger partial charge < -0.3 is 15.5 Å². The third kappa shape index (κ3) is 5.19. The Labute approximate surface area is 184 Å². The summed E-state index contributed by atoms with van der Waals surface area (Å²) in [5, 5.41) is 7.59. The van der Waals surface area contributed by atoms with Gasteiger partial charge in [0.25, 0.3) is 5.91 Å². The van der Waals surface area contributed by atoms with E-state index in [0.29, 0.717) is 30.0 Å². The summed E-state index contributed by atoms with van der Waals surface area (Å²) in [4.78, 5) is 40.1. The lowest BCUT2D eigenvalue weighted by atomic mass is 10.0. The summed E-state index contributed by atoms with van der Waals surface area (Å²) in [6.45, 7) is 0.684. The number of hydrogen-bond donors (Lipinski definition) is 2. The highest BCUT2D eigenvalue weighted by Gasteiger charge is 2.24. The maximum atomic E-state index is 13.1. The molecule has 0 bridgehead atoms. The van der Waals surface area contributed by atoms with Crippen LogP contribution >= 0.6 is 11.3 Å². The van der Waals surface area contributed by atoms with Crippen LogP contribution in [0.2, 0.25) is 0 Å². The lowest BCUT2D eigenvalue weighted by Crippen LogP contribution is -2.45. The molecule has 2 heterocycles. The van der Waals surface area contributed by atoms with E-state index in [1.807, 2.05) is 47.8 Å². The van der Waals surface area contributed by atoms with E-state index in [1.54, 1.807) is 29.2 Å². The first-order valence-electron chi connectivity index (χ1n) is 10.2. The molecule has 1 atom stereocenters. The van der Waals surface area contributed by atoms with Crippen LogP contribution in [0.25, 0.3) is 0 Å². The quantitative estimate of drug-likeness (QED) is 0.594. The molecule has 1 aromatic heterocycles.